The van der Waals surface area contributed by atoms with Crippen LogP contribution < -0.4 is 10.0 Å². The smallest absolute Gasteiger partial charge is 0.215 e. The number of rotatable bonds is 4. The molecule has 82 valence electrons. The van der Waals surface area contributed by atoms with Gasteiger partial charge in [-0.05, 0) is 26.3 Å². The Balaban J connectivity index is 2.53. The Kier molecular flexibility index (Phi) is 4.10. The van der Waals surface area contributed by atoms with Crippen molar-refractivity contribution in [1.82, 2.24) is 10.0 Å². The van der Waals surface area contributed by atoms with Crippen LogP contribution in [0.3, 0.4) is 0 Å². The van der Waals surface area contributed by atoms with Crippen LogP contribution in [-0.4, -0.2) is 32.8 Å². The molecular weight excluding hydrogens is 200 g/mol. The second-order valence-electron chi connectivity index (χ2n) is 3.68. The zero-order valence-corrected chi connectivity index (χ0v) is 9.31. The minimum absolute atomic E-state index is 0.00375. The second-order valence-corrected chi connectivity index (χ2v) is 5.48. The van der Waals surface area contributed by atoms with Crippen LogP contribution in [0.15, 0.2) is 12.7 Å². The van der Waals surface area contributed by atoms with Crippen molar-refractivity contribution in [2.45, 2.75) is 31.8 Å². The molecule has 1 saturated heterocycles. The average Bonchev–Trinajstić information content (AvgIpc) is 2.08. The Hall–Kier alpha value is -0.390. The summed E-state index contributed by atoms with van der Waals surface area (Å²) in [6.45, 7) is 6.40. The van der Waals surface area contributed by atoms with E-state index >= 15 is 0 Å². The van der Waals surface area contributed by atoms with Gasteiger partial charge in [0.15, 0.2) is 0 Å². The molecule has 5 heteroatoms. The van der Waals surface area contributed by atoms with Crippen LogP contribution in [0.2, 0.25) is 0 Å². The van der Waals surface area contributed by atoms with Crippen LogP contribution in [0.1, 0.15) is 19.8 Å². The third-order valence-corrected chi connectivity index (χ3v) is 3.77. The molecule has 0 bridgehead atoms. The van der Waals surface area contributed by atoms with E-state index in [0.29, 0.717) is 0 Å². The topological polar surface area (TPSA) is 58.2 Å². The summed E-state index contributed by atoms with van der Waals surface area (Å²) in [5, 5.41) is 3.24. The minimum Gasteiger partial charge on any atom is -0.313 e. The molecule has 1 aliphatic rings. The molecule has 1 rings (SSSR count). The van der Waals surface area contributed by atoms with E-state index in [0.717, 1.165) is 19.4 Å². The van der Waals surface area contributed by atoms with Gasteiger partial charge in [0.2, 0.25) is 10.0 Å². The van der Waals surface area contributed by atoms with Crippen molar-refractivity contribution in [3.63, 3.8) is 0 Å². The van der Waals surface area contributed by atoms with E-state index in [-0.39, 0.29) is 17.8 Å². The third-order valence-electron chi connectivity index (χ3n) is 2.43. The number of nitrogens with one attached hydrogen (secondary N) is 2. The number of sulfonamides is 1. The van der Waals surface area contributed by atoms with E-state index in [1.165, 1.54) is 6.08 Å². The Bertz CT molecular complexity index is 287. The zero-order chi connectivity index (χ0) is 10.6. The molecule has 14 heavy (non-hydrogen) atoms. The summed E-state index contributed by atoms with van der Waals surface area (Å²) in [6, 6.07) is 0.233. The fourth-order valence-electron chi connectivity index (χ4n) is 1.64. The van der Waals surface area contributed by atoms with Gasteiger partial charge in [-0.1, -0.05) is 6.08 Å². The lowest BCUT2D eigenvalue weighted by Crippen LogP contribution is -2.52. The molecule has 0 aromatic carbocycles. The van der Waals surface area contributed by atoms with Gasteiger partial charge in [0, 0.05) is 12.1 Å². The summed E-state index contributed by atoms with van der Waals surface area (Å²) in [5.74, 6) is -0.00375. The van der Waals surface area contributed by atoms with Gasteiger partial charge >= 0.3 is 0 Å². The van der Waals surface area contributed by atoms with Crippen LogP contribution in [0.25, 0.3) is 0 Å². The maximum absolute atomic E-state index is 11.4. The van der Waals surface area contributed by atoms with Gasteiger partial charge in [-0.2, -0.15) is 0 Å². The van der Waals surface area contributed by atoms with Crippen molar-refractivity contribution < 1.29 is 8.42 Å². The molecule has 2 unspecified atom stereocenters. The number of piperidine rings is 1. The summed E-state index contributed by atoms with van der Waals surface area (Å²) in [4.78, 5) is 0. The van der Waals surface area contributed by atoms with E-state index < -0.39 is 10.0 Å². The highest BCUT2D eigenvalue weighted by Gasteiger charge is 2.24. The highest BCUT2D eigenvalue weighted by molar-refractivity contribution is 7.89. The van der Waals surface area contributed by atoms with Crippen molar-refractivity contribution in [3.8, 4) is 0 Å². The molecule has 2 atom stereocenters. The Morgan fingerprint density at radius 3 is 2.93 bits per heavy atom. The molecular formula is C9H18N2O2S. The molecule has 0 aromatic heterocycles. The van der Waals surface area contributed by atoms with Crippen LogP contribution >= 0.6 is 0 Å². The normalized spacial score (nSPS) is 28.6. The van der Waals surface area contributed by atoms with Crippen molar-refractivity contribution in [2.75, 3.05) is 12.3 Å². The second kappa shape index (κ2) is 4.91. The zero-order valence-electron chi connectivity index (χ0n) is 8.49. The SMILES string of the molecule is C=CCS(=O)(=O)NC1CCCNC1C. The molecule has 4 nitrogen and oxygen atoms in total. The molecule has 0 aromatic rings. The summed E-state index contributed by atoms with van der Waals surface area (Å²) >= 11 is 0. The molecule has 1 heterocycles. The maximum atomic E-state index is 11.4. The Morgan fingerprint density at radius 2 is 2.36 bits per heavy atom. The van der Waals surface area contributed by atoms with Gasteiger partial charge in [0.1, 0.15) is 0 Å². The quantitative estimate of drug-likeness (QED) is 0.664. The minimum atomic E-state index is -3.17. The lowest BCUT2D eigenvalue weighted by Gasteiger charge is -2.30. The van der Waals surface area contributed by atoms with Gasteiger partial charge in [-0.25, -0.2) is 13.1 Å². The van der Waals surface area contributed by atoms with E-state index in [2.05, 4.69) is 16.6 Å². The van der Waals surface area contributed by atoms with Crippen LogP contribution in [0.5, 0.6) is 0 Å². The number of hydrogen-bond donors (Lipinski definition) is 2. The fourth-order valence-corrected chi connectivity index (χ4v) is 2.83. The van der Waals surface area contributed by atoms with Crippen molar-refractivity contribution in [1.29, 1.82) is 0 Å². The predicted octanol–water partition coefficient (Wildman–Crippen LogP) is 0.232. The van der Waals surface area contributed by atoms with E-state index in [1.54, 1.807) is 0 Å². The van der Waals surface area contributed by atoms with E-state index in [9.17, 15) is 8.42 Å². The molecule has 0 radical (unpaired) electrons. The van der Waals surface area contributed by atoms with E-state index in [1.807, 2.05) is 6.92 Å². The maximum Gasteiger partial charge on any atom is 0.215 e. The lowest BCUT2D eigenvalue weighted by molar-refractivity contribution is 0.349. The van der Waals surface area contributed by atoms with Gasteiger partial charge < -0.3 is 5.32 Å². The first-order chi connectivity index (χ1) is 6.55. The molecule has 2 N–H and O–H groups in total. The first-order valence-electron chi connectivity index (χ1n) is 4.89. The van der Waals surface area contributed by atoms with Gasteiger partial charge in [-0.15, -0.1) is 6.58 Å². The molecule has 0 spiro atoms. The highest BCUT2D eigenvalue weighted by Crippen LogP contribution is 2.09. The molecule has 1 aliphatic heterocycles. The Labute approximate surface area is 85.8 Å². The molecule has 0 amide bonds. The number of hydrogen-bond acceptors (Lipinski definition) is 3. The third kappa shape index (κ3) is 3.40. The van der Waals surface area contributed by atoms with E-state index in [4.69, 9.17) is 0 Å². The first-order valence-corrected chi connectivity index (χ1v) is 6.54. The van der Waals surface area contributed by atoms with Crippen molar-refractivity contribution in [2.24, 2.45) is 0 Å². The summed E-state index contributed by atoms with van der Waals surface area (Å²) < 4.78 is 25.6. The van der Waals surface area contributed by atoms with Crippen LogP contribution in [0.4, 0.5) is 0 Å². The largest absolute Gasteiger partial charge is 0.313 e. The predicted molar refractivity (Wildman–Crippen MR) is 57.6 cm³/mol. The Morgan fingerprint density at radius 1 is 1.64 bits per heavy atom. The monoisotopic (exact) mass is 218 g/mol. The molecule has 0 saturated carbocycles. The standard InChI is InChI=1S/C9H18N2O2S/c1-3-7-14(12,13)11-9-5-4-6-10-8(9)2/h3,8-11H,1,4-7H2,2H3. The summed E-state index contributed by atoms with van der Waals surface area (Å²) in [7, 11) is -3.17. The highest BCUT2D eigenvalue weighted by atomic mass is 32.2. The summed E-state index contributed by atoms with van der Waals surface area (Å²) in [6.07, 6.45) is 3.33. The average molecular weight is 218 g/mol. The van der Waals surface area contributed by atoms with Gasteiger partial charge in [0.25, 0.3) is 0 Å². The summed E-state index contributed by atoms with van der Waals surface area (Å²) in [5.41, 5.74) is 0. The molecule has 1 fully saturated rings. The van der Waals surface area contributed by atoms with Crippen molar-refractivity contribution >= 4 is 10.0 Å². The first kappa shape index (κ1) is 11.7. The van der Waals surface area contributed by atoms with Crippen LogP contribution in [0, 0.1) is 0 Å². The lowest BCUT2D eigenvalue weighted by atomic mass is 10.0. The fraction of sp³-hybridized carbons (Fsp3) is 0.778. The van der Waals surface area contributed by atoms with Gasteiger partial charge in [-0.3, -0.25) is 0 Å². The van der Waals surface area contributed by atoms with Crippen molar-refractivity contribution in [3.05, 3.63) is 12.7 Å². The molecule has 0 aliphatic carbocycles. The van der Waals surface area contributed by atoms with Gasteiger partial charge in [0.05, 0.1) is 5.75 Å². The van der Waals surface area contributed by atoms with Crippen LogP contribution in [-0.2, 0) is 10.0 Å².